The summed E-state index contributed by atoms with van der Waals surface area (Å²) in [6.07, 6.45) is 22.8. The number of unbranched alkanes of at least 4 members (excludes halogenated alkanes) is 9. The number of hydrogen-bond donors (Lipinski definition) is 0. The van der Waals surface area contributed by atoms with Gasteiger partial charge >= 0.3 is 6.16 Å². The number of fused-ring (bicyclic) bond motifs is 5. The van der Waals surface area contributed by atoms with Gasteiger partial charge in [0.05, 0.1) is 6.61 Å². The zero-order valence-corrected chi connectivity index (χ0v) is 25.7. The summed E-state index contributed by atoms with van der Waals surface area (Å²) in [5.41, 5.74) is 1.50. The zero-order valence-electron chi connectivity index (χ0n) is 25.7. The van der Waals surface area contributed by atoms with Crippen molar-refractivity contribution in [1.29, 1.82) is 0 Å². The van der Waals surface area contributed by atoms with Crippen LogP contribution in [0.1, 0.15) is 143 Å². The Morgan fingerprint density at radius 3 is 2.21 bits per heavy atom. The van der Waals surface area contributed by atoms with Crippen LogP contribution in [0.15, 0.2) is 11.6 Å². The van der Waals surface area contributed by atoms with Gasteiger partial charge in [-0.2, -0.15) is 0 Å². The fraction of sp³-hybridized carbons (Fsp3) is 0.886. The number of ether oxygens (including phenoxy) is 2. The Morgan fingerprint density at radius 2 is 1.54 bits per heavy atom. The number of rotatable bonds is 14. The van der Waals surface area contributed by atoms with Crippen molar-refractivity contribution < 1.29 is 19.1 Å². The molecule has 0 aromatic carbocycles. The molecule has 0 aromatic heterocycles. The van der Waals surface area contributed by atoms with E-state index in [0.29, 0.717) is 47.9 Å². The molecular weight excluding hydrogens is 484 g/mol. The number of carbonyl (C=O) groups excluding carboxylic acids is 2. The van der Waals surface area contributed by atoms with E-state index in [4.69, 9.17) is 9.47 Å². The first-order chi connectivity index (χ1) is 18.9. The van der Waals surface area contributed by atoms with Gasteiger partial charge in [-0.25, -0.2) is 4.79 Å². The SMILES string of the molecule is CCCCCCCCCCCCOC(=O)O[C@H]1CC[C@H]2[C@@H]3[C@H](CC)CC4=CC(=O)CC[C@@H]4[C@H]3[C@@H](CC)C[C@]12C. The number of allylic oxidation sites excluding steroid dienone is 1. The van der Waals surface area contributed by atoms with Crippen LogP contribution in [0.5, 0.6) is 0 Å². The summed E-state index contributed by atoms with van der Waals surface area (Å²) >= 11 is 0. The standard InChI is InChI=1S/C35H58O4/c1-5-8-9-10-11-12-13-14-15-16-21-38-34(37)39-31-20-19-30-33-25(6-2)22-27-23-28(36)17-18-29(27)32(33)26(7-3)24-35(30,31)4/h23,25-26,29-33H,5-22,24H2,1-4H3/t25-,26+,29+,30+,31+,32-,33+,35+/m1/s1. The molecule has 0 N–H and O–H groups in total. The monoisotopic (exact) mass is 542 g/mol. The van der Waals surface area contributed by atoms with Crippen LogP contribution >= 0.6 is 0 Å². The highest BCUT2D eigenvalue weighted by molar-refractivity contribution is 5.91. The molecule has 4 aliphatic carbocycles. The summed E-state index contributed by atoms with van der Waals surface area (Å²) < 4.78 is 11.7. The van der Waals surface area contributed by atoms with Crippen molar-refractivity contribution >= 4 is 11.9 Å². The first-order valence-corrected chi connectivity index (χ1v) is 17.0. The molecule has 3 fully saturated rings. The van der Waals surface area contributed by atoms with Crippen LogP contribution in [0.2, 0.25) is 0 Å². The summed E-state index contributed by atoms with van der Waals surface area (Å²) in [7, 11) is 0. The minimum Gasteiger partial charge on any atom is -0.434 e. The fourth-order valence-electron chi connectivity index (χ4n) is 9.55. The Labute approximate surface area is 239 Å². The molecule has 0 radical (unpaired) electrons. The van der Waals surface area contributed by atoms with Gasteiger partial charge < -0.3 is 9.47 Å². The second kappa shape index (κ2) is 14.5. The second-order valence-electron chi connectivity index (χ2n) is 13.8. The van der Waals surface area contributed by atoms with Gasteiger partial charge in [0.15, 0.2) is 5.78 Å². The van der Waals surface area contributed by atoms with Crippen molar-refractivity contribution in [1.82, 2.24) is 0 Å². The highest BCUT2D eigenvalue weighted by atomic mass is 16.7. The minimum atomic E-state index is -0.445. The molecule has 3 saturated carbocycles. The third-order valence-corrected chi connectivity index (χ3v) is 11.5. The maximum atomic E-state index is 12.8. The van der Waals surface area contributed by atoms with Crippen molar-refractivity contribution in [3.63, 3.8) is 0 Å². The summed E-state index contributed by atoms with van der Waals surface area (Å²) in [6, 6.07) is 0. The van der Waals surface area contributed by atoms with Gasteiger partial charge in [-0.05, 0) is 80.1 Å². The van der Waals surface area contributed by atoms with E-state index in [1.165, 1.54) is 69.8 Å². The van der Waals surface area contributed by atoms with E-state index in [2.05, 4.69) is 27.7 Å². The van der Waals surface area contributed by atoms with Crippen molar-refractivity contribution in [2.75, 3.05) is 6.61 Å². The van der Waals surface area contributed by atoms with Crippen LogP contribution < -0.4 is 0 Å². The van der Waals surface area contributed by atoms with Crippen LogP contribution in [-0.2, 0) is 14.3 Å². The minimum absolute atomic E-state index is 0.0277. The molecule has 0 saturated heterocycles. The molecule has 4 aliphatic rings. The molecular formula is C35H58O4. The second-order valence-corrected chi connectivity index (χ2v) is 13.8. The fourth-order valence-corrected chi connectivity index (χ4v) is 9.55. The Morgan fingerprint density at radius 1 is 0.872 bits per heavy atom. The van der Waals surface area contributed by atoms with Crippen molar-refractivity contribution in [3.8, 4) is 0 Å². The van der Waals surface area contributed by atoms with Crippen molar-refractivity contribution in [2.24, 2.45) is 40.9 Å². The Bertz CT molecular complexity index is 833. The molecule has 39 heavy (non-hydrogen) atoms. The average Bonchev–Trinajstić information content (AvgIpc) is 3.25. The molecule has 0 aliphatic heterocycles. The van der Waals surface area contributed by atoms with Gasteiger partial charge in [0, 0.05) is 11.8 Å². The quantitative estimate of drug-likeness (QED) is 0.162. The predicted molar refractivity (Wildman–Crippen MR) is 158 cm³/mol. The number of carbonyl (C=O) groups is 2. The molecule has 222 valence electrons. The van der Waals surface area contributed by atoms with Crippen molar-refractivity contribution in [2.45, 2.75) is 149 Å². The van der Waals surface area contributed by atoms with Gasteiger partial charge in [-0.15, -0.1) is 0 Å². The van der Waals surface area contributed by atoms with E-state index in [1.54, 1.807) is 0 Å². The highest BCUT2D eigenvalue weighted by Gasteiger charge is 2.61. The van der Waals surface area contributed by atoms with E-state index in [-0.39, 0.29) is 11.5 Å². The van der Waals surface area contributed by atoms with Gasteiger partial charge in [0.25, 0.3) is 0 Å². The molecule has 8 atom stereocenters. The first kappa shape index (κ1) is 30.6. The van der Waals surface area contributed by atoms with E-state index in [1.807, 2.05) is 6.08 Å². The Balaban J connectivity index is 1.27. The average molecular weight is 543 g/mol. The third-order valence-electron chi connectivity index (χ3n) is 11.5. The van der Waals surface area contributed by atoms with Crippen LogP contribution in [0.25, 0.3) is 0 Å². The molecule has 0 amide bonds. The molecule has 0 heterocycles. The summed E-state index contributed by atoms with van der Waals surface area (Å²) in [5, 5.41) is 0. The summed E-state index contributed by atoms with van der Waals surface area (Å²) in [4.78, 5) is 25.0. The van der Waals surface area contributed by atoms with Gasteiger partial charge in [-0.3, -0.25) is 4.79 Å². The van der Waals surface area contributed by atoms with Crippen LogP contribution in [-0.4, -0.2) is 24.6 Å². The lowest BCUT2D eigenvalue weighted by molar-refractivity contribution is -0.122. The third kappa shape index (κ3) is 7.13. The van der Waals surface area contributed by atoms with E-state index in [0.717, 1.165) is 51.4 Å². The van der Waals surface area contributed by atoms with E-state index < -0.39 is 6.16 Å². The highest BCUT2D eigenvalue weighted by Crippen LogP contribution is 2.66. The summed E-state index contributed by atoms with van der Waals surface area (Å²) in [5.74, 6) is 4.20. The van der Waals surface area contributed by atoms with Crippen LogP contribution in [0, 0.1) is 40.9 Å². The van der Waals surface area contributed by atoms with Gasteiger partial charge in [0.2, 0.25) is 0 Å². The molecule has 4 rings (SSSR count). The molecule has 0 unspecified atom stereocenters. The van der Waals surface area contributed by atoms with E-state index in [9.17, 15) is 9.59 Å². The van der Waals surface area contributed by atoms with Gasteiger partial charge in [-0.1, -0.05) is 104 Å². The smallest absolute Gasteiger partial charge is 0.434 e. The zero-order chi connectivity index (χ0) is 27.8. The largest absolute Gasteiger partial charge is 0.508 e. The maximum Gasteiger partial charge on any atom is 0.508 e. The maximum absolute atomic E-state index is 12.8. The lowest BCUT2D eigenvalue weighted by Gasteiger charge is -2.59. The number of ketones is 1. The molecule has 0 bridgehead atoms. The lowest BCUT2D eigenvalue weighted by Crippen LogP contribution is -2.54. The van der Waals surface area contributed by atoms with E-state index >= 15 is 0 Å². The molecule has 0 spiro atoms. The Hall–Kier alpha value is -1.32. The number of hydrogen-bond acceptors (Lipinski definition) is 4. The normalized spacial score (nSPS) is 35.5. The topological polar surface area (TPSA) is 52.6 Å². The van der Waals surface area contributed by atoms with Gasteiger partial charge in [0.1, 0.15) is 6.10 Å². The Kier molecular flexibility index (Phi) is 11.4. The molecule has 4 nitrogen and oxygen atoms in total. The lowest BCUT2D eigenvalue weighted by atomic mass is 9.46. The van der Waals surface area contributed by atoms with Crippen LogP contribution in [0.3, 0.4) is 0 Å². The summed E-state index contributed by atoms with van der Waals surface area (Å²) in [6.45, 7) is 9.87. The molecule has 0 aromatic rings. The predicted octanol–water partition coefficient (Wildman–Crippen LogP) is 9.84. The molecule has 4 heteroatoms. The van der Waals surface area contributed by atoms with Crippen LogP contribution in [0.4, 0.5) is 4.79 Å². The van der Waals surface area contributed by atoms with Crippen molar-refractivity contribution in [3.05, 3.63) is 11.6 Å². The first-order valence-electron chi connectivity index (χ1n) is 17.0.